The first-order valence-electron chi connectivity index (χ1n) is 14.2. The number of hydrogen-bond donors (Lipinski definition) is 3. The maximum absolute atomic E-state index is 13.3. The number of likely N-dealkylation sites (tertiary alicyclic amines) is 1. The van der Waals surface area contributed by atoms with Crippen LogP contribution in [0.3, 0.4) is 0 Å². The van der Waals surface area contributed by atoms with Crippen LogP contribution in [0, 0.1) is 5.92 Å². The molecule has 2 aliphatic rings. The Morgan fingerprint density at radius 3 is 2.40 bits per heavy atom. The fourth-order valence-electron chi connectivity index (χ4n) is 5.40. The molecule has 3 aromatic carbocycles. The van der Waals surface area contributed by atoms with E-state index < -0.39 is 61.0 Å². The molecule has 4 atom stereocenters. The second kappa shape index (κ2) is 13.4. The number of sulfonamides is 2. The second-order valence-electron chi connectivity index (χ2n) is 11.1. The fourth-order valence-corrected chi connectivity index (χ4v) is 8.84. The van der Waals surface area contributed by atoms with Gasteiger partial charge in [-0.2, -0.15) is 4.31 Å². The number of primary sulfonamides is 1. The van der Waals surface area contributed by atoms with Crippen molar-refractivity contribution in [3.05, 3.63) is 82.9 Å². The summed E-state index contributed by atoms with van der Waals surface area (Å²) < 4.78 is 57.5. The molecule has 2 heterocycles. The van der Waals surface area contributed by atoms with Crippen molar-refractivity contribution in [2.24, 2.45) is 11.1 Å². The van der Waals surface area contributed by atoms with Crippen LogP contribution < -0.4 is 15.2 Å². The number of carboxylic acids is 1. The summed E-state index contributed by atoms with van der Waals surface area (Å²) in [5.41, 5.74) is 1.13. The highest BCUT2D eigenvalue weighted by Gasteiger charge is 2.42. The zero-order valence-corrected chi connectivity index (χ0v) is 28.3. The number of amides is 1. The van der Waals surface area contributed by atoms with E-state index in [0.29, 0.717) is 16.9 Å². The van der Waals surface area contributed by atoms with E-state index in [0.717, 1.165) is 22.1 Å². The molecule has 0 bridgehead atoms. The summed E-state index contributed by atoms with van der Waals surface area (Å²) in [7, 11) is -7.10. The van der Waals surface area contributed by atoms with Crippen LogP contribution in [0.25, 0.3) is 0 Å². The van der Waals surface area contributed by atoms with E-state index in [4.69, 9.17) is 21.5 Å². The molecule has 250 valence electrons. The summed E-state index contributed by atoms with van der Waals surface area (Å²) in [6.45, 7) is 1.68. The third kappa shape index (κ3) is 7.27. The number of nitrogens with two attached hydrogens (primary N) is 1. The Hall–Kier alpha value is -3.67. The Morgan fingerprint density at radius 1 is 1.13 bits per heavy atom. The molecule has 0 aliphatic carbocycles. The van der Waals surface area contributed by atoms with Crippen LogP contribution in [0.5, 0.6) is 5.75 Å². The first-order chi connectivity index (χ1) is 22.1. The van der Waals surface area contributed by atoms with Crippen LogP contribution in [-0.4, -0.2) is 79.6 Å². The van der Waals surface area contributed by atoms with E-state index in [2.05, 4.69) is 5.32 Å². The van der Waals surface area contributed by atoms with Crippen LogP contribution in [0.1, 0.15) is 35.4 Å². The van der Waals surface area contributed by atoms with Crippen molar-refractivity contribution in [2.45, 2.75) is 41.4 Å². The van der Waals surface area contributed by atoms with Gasteiger partial charge in [0.25, 0.3) is 0 Å². The Bertz CT molecular complexity index is 1930. The zero-order valence-electron chi connectivity index (χ0n) is 25.1. The van der Waals surface area contributed by atoms with E-state index in [-0.39, 0.29) is 39.4 Å². The molecule has 4 N–H and O–H groups in total. The Kier molecular flexibility index (Phi) is 9.92. The summed E-state index contributed by atoms with van der Waals surface area (Å²) in [6, 6.07) is 16.1. The lowest BCUT2D eigenvalue weighted by atomic mass is 10.1. The molecule has 0 saturated carbocycles. The topological polar surface area (TPSA) is 193 Å². The van der Waals surface area contributed by atoms with Crippen molar-refractivity contribution in [1.29, 1.82) is 0 Å². The van der Waals surface area contributed by atoms with E-state index in [1.54, 1.807) is 61.5 Å². The molecule has 3 aromatic rings. The number of nitrogens with zero attached hydrogens (tertiary/aromatic N) is 2. The number of carboxylic acid groups (broad SMARTS) is 1. The van der Waals surface area contributed by atoms with Gasteiger partial charge in [-0.15, -0.1) is 0 Å². The fraction of sp³-hybridized carbons (Fsp3) is 0.300. The molecule has 1 fully saturated rings. The average molecular weight is 723 g/mol. The minimum Gasteiger partial charge on any atom is -0.488 e. The van der Waals surface area contributed by atoms with Gasteiger partial charge in [-0.25, -0.2) is 26.8 Å². The summed E-state index contributed by atoms with van der Waals surface area (Å²) in [4.78, 5) is 38.2. The summed E-state index contributed by atoms with van der Waals surface area (Å²) in [6.07, 6.45) is -1.47. The van der Waals surface area contributed by atoms with Gasteiger partial charge in [0.05, 0.1) is 17.3 Å². The molecule has 5 rings (SSSR count). The molecule has 0 spiro atoms. The largest absolute Gasteiger partial charge is 0.488 e. The number of carbonyl (C=O) groups excluding carboxylic acids is 2. The second-order valence-corrected chi connectivity index (χ2v) is 16.0. The first kappa shape index (κ1) is 34.7. The highest BCUT2D eigenvalue weighted by molar-refractivity contribution is 8.14. The number of hydrogen-bond acceptors (Lipinski definition) is 10. The van der Waals surface area contributed by atoms with Gasteiger partial charge in [0, 0.05) is 30.7 Å². The van der Waals surface area contributed by atoms with Crippen molar-refractivity contribution in [3.63, 3.8) is 0 Å². The van der Waals surface area contributed by atoms with Gasteiger partial charge in [0.2, 0.25) is 31.1 Å². The molecule has 17 heteroatoms. The van der Waals surface area contributed by atoms with Gasteiger partial charge in [-0.1, -0.05) is 72.8 Å². The maximum Gasteiger partial charge on any atom is 0.326 e. The predicted octanol–water partition coefficient (Wildman–Crippen LogP) is 3.37. The molecule has 1 saturated heterocycles. The Morgan fingerprint density at radius 2 is 1.79 bits per heavy atom. The van der Waals surface area contributed by atoms with Crippen molar-refractivity contribution < 1.29 is 41.1 Å². The number of halogens is 1. The molecular weight excluding hydrogens is 692 g/mol. The van der Waals surface area contributed by atoms with Crippen LogP contribution in [0.2, 0.25) is 5.02 Å². The average Bonchev–Trinajstić information content (AvgIpc) is 3.45. The monoisotopic (exact) mass is 722 g/mol. The van der Waals surface area contributed by atoms with Gasteiger partial charge in [-0.05, 0) is 29.8 Å². The molecule has 47 heavy (non-hydrogen) atoms. The summed E-state index contributed by atoms with van der Waals surface area (Å²) in [5, 5.41) is 17.7. The summed E-state index contributed by atoms with van der Waals surface area (Å²) in [5.74, 6) is -1.61. The number of aliphatic carboxylic acids is 1. The summed E-state index contributed by atoms with van der Waals surface area (Å²) >= 11 is 7.10. The van der Waals surface area contributed by atoms with Crippen LogP contribution in [0.15, 0.2) is 76.5 Å². The quantitative estimate of drug-likeness (QED) is 0.293. The number of benzene rings is 3. The Balaban J connectivity index is 1.26. The van der Waals surface area contributed by atoms with Crippen LogP contribution >= 0.6 is 23.4 Å². The molecular formula is C30H31ClN4O9S3. The zero-order chi connectivity index (χ0) is 34.3. The highest BCUT2D eigenvalue weighted by atomic mass is 35.5. The van der Waals surface area contributed by atoms with Crippen LogP contribution in [0.4, 0.5) is 5.69 Å². The normalized spacial score (nSPS) is 21.4. The number of fused-ring (bicyclic) bond motifs is 1. The van der Waals surface area contributed by atoms with Crippen molar-refractivity contribution >= 4 is 66.1 Å². The number of rotatable bonds is 9. The highest BCUT2D eigenvalue weighted by Crippen LogP contribution is 2.41. The van der Waals surface area contributed by atoms with Crippen molar-refractivity contribution in [3.8, 4) is 5.75 Å². The minimum atomic E-state index is -4.28. The lowest BCUT2D eigenvalue weighted by Gasteiger charge is -2.35. The molecule has 2 aliphatic heterocycles. The number of anilines is 1. The Labute approximate surface area is 281 Å². The van der Waals surface area contributed by atoms with Crippen molar-refractivity contribution in [1.82, 2.24) is 9.21 Å². The number of thioether (sulfide) groups is 1. The number of ether oxygens (including phenoxy) is 1. The minimum absolute atomic E-state index is 0.0302. The lowest BCUT2D eigenvalue weighted by Crippen LogP contribution is -2.43. The molecule has 3 unspecified atom stereocenters. The van der Waals surface area contributed by atoms with Gasteiger partial charge in [0.15, 0.2) is 0 Å². The van der Waals surface area contributed by atoms with E-state index in [9.17, 15) is 36.3 Å². The molecule has 0 aromatic heterocycles. The van der Waals surface area contributed by atoms with Crippen molar-refractivity contribution in [2.75, 3.05) is 24.7 Å². The standard InChI is InChI=1S/C30H31ClN4O9S3/c1-17(16-45-30(39)19-6-4-3-5-7-19)28(36)35-15-21(12-24(35)29(37)38)44-20-10-8-18(9-11-20)27-33-23-13-22(31)25(46(32,40)41)14-26(23)47(42,43)34(27)2/h3-11,13-14,17,21,24,27,33H,12,15-16H2,1-2H3,(H,37,38)(H2,32,40,41)/t17?,21?,24-,27?/m0/s1. The van der Waals surface area contributed by atoms with Gasteiger partial charge < -0.3 is 20.1 Å². The molecule has 0 radical (unpaired) electrons. The third-order valence-corrected chi connectivity index (χ3v) is 12.3. The predicted molar refractivity (Wildman–Crippen MR) is 175 cm³/mol. The number of carbonyl (C=O) groups is 3. The van der Waals surface area contributed by atoms with E-state index in [1.165, 1.54) is 18.0 Å². The third-order valence-electron chi connectivity index (χ3n) is 7.88. The van der Waals surface area contributed by atoms with Gasteiger partial charge in [-0.3, -0.25) is 9.59 Å². The van der Waals surface area contributed by atoms with Gasteiger partial charge in [0.1, 0.15) is 33.9 Å². The van der Waals surface area contributed by atoms with E-state index >= 15 is 0 Å². The van der Waals surface area contributed by atoms with Gasteiger partial charge >= 0.3 is 5.97 Å². The van der Waals surface area contributed by atoms with Crippen LogP contribution in [-0.2, 0) is 29.6 Å². The SMILES string of the molecule is CC(CSC(=O)c1ccccc1)C(=O)N1CC(Oc2ccc(C3Nc4cc(Cl)c(S(N)(=O)=O)cc4S(=O)(=O)N3C)cc2)C[C@H]1C(=O)O. The maximum atomic E-state index is 13.3. The molecule has 13 nitrogen and oxygen atoms in total. The molecule has 1 amide bonds. The first-order valence-corrected chi connectivity index (χ1v) is 18.6. The smallest absolute Gasteiger partial charge is 0.326 e. The van der Waals surface area contributed by atoms with E-state index in [1.807, 2.05) is 0 Å². The number of nitrogens with one attached hydrogen (secondary N) is 1. The lowest BCUT2D eigenvalue weighted by molar-refractivity contribution is -0.149.